The van der Waals surface area contributed by atoms with Crippen LogP contribution in [0.1, 0.15) is 41.7 Å². The summed E-state index contributed by atoms with van der Waals surface area (Å²) in [6.45, 7) is 1.80. The molecule has 0 unspecified atom stereocenters. The number of furan rings is 1. The van der Waals surface area contributed by atoms with Gasteiger partial charge in [0, 0.05) is 5.69 Å². The van der Waals surface area contributed by atoms with Crippen molar-refractivity contribution in [1.82, 2.24) is 4.98 Å². The van der Waals surface area contributed by atoms with Gasteiger partial charge in [-0.1, -0.05) is 6.42 Å². The summed E-state index contributed by atoms with van der Waals surface area (Å²) in [5, 5.41) is 12.9. The molecule has 0 saturated heterocycles. The first-order valence-electron chi connectivity index (χ1n) is 9.88. The SMILES string of the molecule is Cc1nc(-c2ccco2)ccc1C(=O)Nc1ccc(O[C@H]2CCCC[C@@H]2O)cc1. The Labute approximate surface area is 169 Å². The highest BCUT2D eigenvalue weighted by atomic mass is 16.5. The molecule has 0 bridgehead atoms. The molecule has 3 aromatic rings. The van der Waals surface area contributed by atoms with Crippen LogP contribution in [0.25, 0.3) is 11.5 Å². The largest absolute Gasteiger partial charge is 0.488 e. The topological polar surface area (TPSA) is 84.6 Å². The number of aliphatic hydroxyl groups is 1. The number of ether oxygens (including phenoxy) is 1. The van der Waals surface area contributed by atoms with Crippen molar-refractivity contribution in [2.24, 2.45) is 0 Å². The van der Waals surface area contributed by atoms with Gasteiger partial charge in [0.05, 0.1) is 23.6 Å². The van der Waals surface area contributed by atoms with Crippen molar-refractivity contribution in [2.75, 3.05) is 5.32 Å². The zero-order chi connectivity index (χ0) is 20.2. The molecule has 2 heterocycles. The number of benzene rings is 1. The van der Waals surface area contributed by atoms with Crippen LogP contribution in [0.15, 0.2) is 59.2 Å². The Morgan fingerprint density at radius 1 is 1.14 bits per heavy atom. The summed E-state index contributed by atoms with van der Waals surface area (Å²) in [7, 11) is 0. The Morgan fingerprint density at radius 3 is 2.62 bits per heavy atom. The lowest BCUT2D eigenvalue weighted by Crippen LogP contribution is -2.34. The predicted molar refractivity (Wildman–Crippen MR) is 110 cm³/mol. The fourth-order valence-electron chi connectivity index (χ4n) is 3.57. The van der Waals surface area contributed by atoms with Crippen LogP contribution in [0.5, 0.6) is 5.75 Å². The highest BCUT2D eigenvalue weighted by Crippen LogP contribution is 2.25. The average molecular weight is 392 g/mol. The van der Waals surface area contributed by atoms with Gasteiger partial charge in [-0.15, -0.1) is 0 Å². The molecule has 1 saturated carbocycles. The van der Waals surface area contributed by atoms with E-state index in [1.165, 1.54) is 0 Å². The Balaban J connectivity index is 1.40. The molecule has 150 valence electrons. The third-order valence-corrected chi connectivity index (χ3v) is 5.17. The molecule has 0 aliphatic heterocycles. The zero-order valence-electron chi connectivity index (χ0n) is 16.3. The van der Waals surface area contributed by atoms with E-state index in [0.717, 1.165) is 25.7 Å². The Hall–Kier alpha value is -3.12. The van der Waals surface area contributed by atoms with Crippen LogP contribution in [-0.4, -0.2) is 28.2 Å². The van der Waals surface area contributed by atoms with Crippen molar-refractivity contribution in [3.05, 3.63) is 66.1 Å². The molecule has 4 rings (SSSR count). The predicted octanol–water partition coefficient (Wildman–Crippen LogP) is 4.58. The first-order chi connectivity index (χ1) is 14.1. The quantitative estimate of drug-likeness (QED) is 0.664. The van der Waals surface area contributed by atoms with Crippen LogP contribution in [0.2, 0.25) is 0 Å². The lowest BCUT2D eigenvalue weighted by Gasteiger charge is -2.28. The summed E-state index contributed by atoms with van der Waals surface area (Å²) in [5.41, 5.74) is 2.49. The van der Waals surface area contributed by atoms with Gasteiger partial charge >= 0.3 is 0 Å². The summed E-state index contributed by atoms with van der Waals surface area (Å²) in [4.78, 5) is 17.1. The van der Waals surface area contributed by atoms with E-state index < -0.39 is 6.10 Å². The van der Waals surface area contributed by atoms with Crippen molar-refractivity contribution >= 4 is 11.6 Å². The van der Waals surface area contributed by atoms with Crippen LogP contribution in [0.3, 0.4) is 0 Å². The number of carbonyl (C=O) groups excluding carboxylic acids is 1. The number of rotatable bonds is 5. The summed E-state index contributed by atoms with van der Waals surface area (Å²) in [6.07, 6.45) is 4.78. The Bertz CT molecular complexity index is 967. The van der Waals surface area contributed by atoms with Crippen LogP contribution in [-0.2, 0) is 0 Å². The molecule has 29 heavy (non-hydrogen) atoms. The molecule has 1 aromatic carbocycles. The van der Waals surface area contributed by atoms with Gasteiger partial charge < -0.3 is 19.6 Å². The molecule has 1 amide bonds. The van der Waals surface area contributed by atoms with Crippen molar-refractivity contribution in [3.63, 3.8) is 0 Å². The number of carbonyl (C=O) groups is 1. The third kappa shape index (κ3) is 4.49. The number of hydrogen-bond acceptors (Lipinski definition) is 5. The van der Waals surface area contributed by atoms with Crippen LogP contribution >= 0.6 is 0 Å². The number of amides is 1. The summed E-state index contributed by atoms with van der Waals surface area (Å²) in [6, 6.07) is 14.4. The van der Waals surface area contributed by atoms with E-state index in [-0.39, 0.29) is 12.0 Å². The number of aromatic nitrogens is 1. The maximum Gasteiger partial charge on any atom is 0.257 e. The maximum atomic E-state index is 12.6. The minimum absolute atomic E-state index is 0.161. The lowest BCUT2D eigenvalue weighted by molar-refractivity contribution is 0.00688. The number of nitrogens with one attached hydrogen (secondary N) is 1. The number of anilines is 1. The van der Waals surface area contributed by atoms with Crippen LogP contribution < -0.4 is 10.1 Å². The second-order valence-electron chi connectivity index (χ2n) is 7.29. The fraction of sp³-hybridized carbons (Fsp3) is 0.304. The first kappa shape index (κ1) is 19.2. The van der Waals surface area contributed by atoms with Gasteiger partial charge in [0.1, 0.15) is 17.5 Å². The number of nitrogens with zero attached hydrogens (tertiary/aromatic N) is 1. The standard InChI is InChI=1S/C23H24N2O4/c1-15-18(12-13-19(24-15)21-7-4-14-28-21)23(27)25-16-8-10-17(11-9-16)29-22-6-3-2-5-20(22)26/h4,7-14,20,22,26H,2-3,5-6H2,1H3,(H,25,27)/t20-,22-/m0/s1. The molecular weight excluding hydrogens is 368 g/mol. The fourth-order valence-corrected chi connectivity index (χ4v) is 3.57. The van der Waals surface area contributed by atoms with E-state index in [1.807, 2.05) is 18.2 Å². The first-order valence-corrected chi connectivity index (χ1v) is 9.88. The maximum absolute atomic E-state index is 12.6. The molecule has 6 nitrogen and oxygen atoms in total. The smallest absolute Gasteiger partial charge is 0.257 e. The van der Waals surface area contributed by atoms with E-state index in [2.05, 4.69) is 10.3 Å². The molecule has 1 aliphatic carbocycles. The number of pyridine rings is 1. The number of aliphatic hydroxyl groups excluding tert-OH is 1. The summed E-state index contributed by atoms with van der Waals surface area (Å²) in [5.74, 6) is 1.13. The van der Waals surface area contributed by atoms with E-state index in [0.29, 0.717) is 34.1 Å². The molecular formula is C23H24N2O4. The molecule has 1 fully saturated rings. The minimum atomic E-state index is -0.414. The van der Waals surface area contributed by atoms with Crippen LogP contribution in [0.4, 0.5) is 5.69 Å². The second-order valence-corrected chi connectivity index (χ2v) is 7.29. The summed E-state index contributed by atoms with van der Waals surface area (Å²) < 4.78 is 11.3. The van der Waals surface area contributed by atoms with Gasteiger partial charge in [-0.2, -0.15) is 0 Å². The molecule has 2 N–H and O–H groups in total. The van der Waals surface area contributed by atoms with E-state index in [1.54, 1.807) is 43.5 Å². The van der Waals surface area contributed by atoms with Crippen molar-refractivity contribution in [1.29, 1.82) is 0 Å². The number of hydrogen-bond donors (Lipinski definition) is 2. The van der Waals surface area contributed by atoms with E-state index in [9.17, 15) is 9.90 Å². The number of aryl methyl sites for hydroxylation is 1. The van der Waals surface area contributed by atoms with Gasteiger partial charge in [-0.25, -0.2) is 4.98 Å². The van der Waals surface area contributed by atoms with Crippen molar-refractivity contribution < 1.29 is 19.1 Å². The Kier molecular flexibility index (Phi) is 5.62. The average Bonchev–Trinajstić information content (AvgIpc) is 3.26. The van der Waals surface area contributed by atoms with Gasteiger partial charge in [-0.3, -0.25) is 4.79 Å². The minimum Gasteiger partial charge on any atom is -0.488 e. The normalized spacial score (nSPS) is 19.0. The molecule has 1 aliphatic rings. The van der Waals surface area contributed by atoms with Gasteiger partial charge in [0.15, 0.2) is 5.76 Å². The van der Waals surface area contributed by atoms with E-state index >= 15 is 0 Å². The molecule has 6 heteroatoms. The lowest BCUT2D eigenvalue weighted by atomic mass is 9.95. The molecule has 0 spiro atoms. The van der Waals surface area contributed by atoms with Gasteiger partial charge in [-0.05, 0) is 74.7 Å². The van der Waals surface area contributed by atoms with Crippen molar-refractivity contribution in [3.8, 4) is 17.2 Å². The van der Waals surface area contributed by atoms with Gasteiger partial charge in [0.25, 0.3) is 5.91 Å². The summed E-state index contributed by atoms with van der Waals surface area (Å²) >= 11 is 0. The zero-order valence-corrected chi connectivity index (χ0v) is 16.3. The third-order valence-electron chi connectivity index (χ3n) is 5.17. The highest BCUT2D eigenvalue weighted by molar-refractivity contribution is 6.05. The Morgan fingerprint density at radius 2 is 1.93 bits per heavy atom. The molecule has 2 aromatic heterocycles. The van der Waals surface area contributed by atoms with Crippen molar-refractivity contribution in [2.45, 2.75) is 44.8 Å². The second kappa shape index (κ2) is 8.49. The van der Waals surface area contributed by atoms with Crippen LogP contribution in [0, 0.1) is 6.92 Å². The van der Waals surface area contributed by atoms with Gasteiger partial charge in [0.2, 0.25) is 0 Å². The monoisotopic (exact) mass is 392 g/mol. The van der Waals surface area contributed by atoms with E-state index in [4.69, 9.17) is 9.15 Å². The highest BCUT2D eigenvalue weighted by Gasteiger charge is 2.24. The molecule has 0 radical (unpaired) electrons. The molecule has 2 atom stereocenters.